The largest absolute Gasteiger partial charge is 0.332 e. The van der Waals surface area contributed by atoms with E-state index >= 15 is 0 Å². The zero-order valence-electron chi connectivity index (χ0n) is 11.6. The van der Waals surface area contributed by atoms with Crippen molar-refractivity contribution in [2.24, 2.45) is 0 Å². The second kappa shape index (κ2) is 6.70. The second-order valence-corrected chi connectivity index (χ2v) is 5.54. The van der Waals surface area contributed by atoms with Gasteiger partial charge in [-0.25, -0.2) is 0 Å². The third-order valence-corrected chi connectivity index (χ3v) is 4.02. The molecule has 0 bridgehead atoms. The van der Waals surface area contributed by atoms with E-state index < -0.39 is 0 Å². The highest BCUT2D eigenvalue weighted by Crippen LogP contribution is 2.28. The maximum atomic E-state index is 12.6. The number of aromatic amines is 1. The van der Waals surface area contributed by atoms with Crippen molar-refractivity contribution in [3.05, 3.63) is 52.3 Å². The van der Waals surface area contributed by atoms with Crippen molar-refractivity contribution < 1.29 is 4.79 Å². The van der Waals surface area contributed by atoms with Gasteiger partial charge >= 0.3 is 0 Å². The molecule has 0 radical (unpaired) electrons. The molecule has 0 aliphatic heterocycles. The minimum Gasteiger partial charge on any atom is -0.332 e. The predicted molar refractivity (Wildman–Crippen MR) is 82.5 cm³/mol. The number of amides is 1. The van der Waals surface area contributed by atoms with Crippen LogP contribution < -0.4 is 0 Å². The van der Waals surface area contributed by atoms with E-state index in [1.54, 1.807) is 12.4 Å². The number of carbonyl (C=O) groups is 1. The third-order valence-electron chi connectivity index (χ3n) is 3.29. The van der Waals surface area contributed by atoms with Gasteiger partial charge in [0.05, 0.1) is 17.8 Å². The second-order valence-electron chi connectivity index (χ2n) is 4.68. The first-order valence-corrected chi connectivity index (χ1v) is 7.48. The summed E-state index contributed by atoms with van der Waals surface area (Å²) in [4.78, 5) is 14.5. The molecule has 20 heavy (non-hydrogen) atoms. The maximum absolute atomic E-state index is 12.6. The van der Waals surface area contributed by atoms with Gasteiger partial charge in [-0.15, -0.1) is 0 Å². The van der Waals surface area contributed by atoms with Gasteiger partial charge in [-0.3, -0.25) is 9.89 Å². The van der Waals surface area contributed by atoms with E-state index in [2.05, 4.69) is 33.1 Å². The van der Waals surface area contributed by atoms with Gasteiger partial charge in [-0.05, 0) is 25.0 Å². The molecule has 0 fully saturated rings. The van der Waals surface area contributed by atoms with Crippen LogP contribution in [0.2, 0.25) is 0 Å². The number of carbonyl (C=O) groups excluding carboxylic acids is 1. The quantitative estimate of drug-likeness (QED) is 0.903. The number of benzene rings is 1. The molecule has 1 heterocycles. The molecular formula is C15H18BrN3O. The lowest BCUT2D eigenvalue weighted by atomic mass is 10.1. The highest BCUT2D eigenvalue weighted by molar-refractivity contribution is 9.10. The van der Waals surface area contributed by atoms with E-state index in [1.165, 1.54) is 0 Å². The Hall–Kier alpha value is -1.62. The Morgan fingerprint density at radius 2 is 2.20 bits per heavy atom. The number of halogens is 1. The Kier molecular flexibility index (Phi) is 4.95. The van der Waals surface area contributed by atoms with Crippen LogP contribution in [0, 0.1) is 0 Å². The summed E-state index contributed by atoms with van der Waals surface area (Å²) in [6.07, 6.45) is 4.12. The van der Waals surface area contributed by atoms with Gasteiger partial charge in [0.2, 0.25) is 0 Å². The minimum absolute atomic E-state index is 0.00357. The summed E-state index contributed by atoms with van der Waals surface area (Å²) in [5, 5.41) is 6.54. The molecule has 1 atom stereocenters. The molecule has 2 aromatic rings. The maximum Gasteiger partial charge on any atom is 0.257 e. The molecule has 1 aromatic carbocycles. The number of aromatic nitrogens is 2. The fourth-order valence-corrected chi connectivity index (χ4v) is 2.84. The average molecular weight is 336 g/mol. The molecule has 2 rings (SSSR count). The Balaban J connectivity index is 2.29. The molecule has 4 nitrogen and oxygen atoms in total. The van der Waals surface area contributed by atoms with Crippen LogP contribution in [0.25, 0.3) is 0 Å². The van der Waals surface area contributed by atoms with Crippen molar-refractivity contribution >= 4 is 21.8 Å². The summed E-state index contributed by atoms with van der Waals surface area (Å²) in [5.41, 5.74) is 1.70. The smallest absolute Gasteiger partial charge is 0.257 e. The molecule has 1 N–H and O–H groups in total. The van der Waals surface area contributed by atoms with E-state index in [4.69, 9.17) is 0 Å². The first-order chi connectivity index (χ1) is 9.65. The van der Waals surface area contributed by atoms with Crippen LogP contribution in [0.1, 0.15) is 42.2 Å². The van der Waals surface area contributed by atoms with E-state index in [-0.39, 0.29) is 11.9 Å². The molecule has 0 spiro atoms. The normalized spacial score (nSPS) is 12.2. The summed E-state index contributed by atoms with van der Waals surface area (Å²) in [5.74, 6) is 0.00357. The van der Waals surface area contributed by atoms with Crippen molar-refractivity contribution in [1.82, 2.24) is 15.1 Å². The first kappa shape index (κ1) is 14.8. The monoisotopic (exact) mass is 335 g/mol. The number of hydrogen-bond donors (Lipinski definition) is 1. The van der Waals surface area contributed by atoms with Gasteiger partial charge in [-0.2, -0.15) is 5.10 Å². The summed E-state index contributed by atoms with van der Waals surface area (Å²) < 4.78 is 1.02. The van der Waals surface area contributed by atoms with Crippen LogP contribution in [-0.2, 0) is 0 Å². The van der Waals surface area contributed by atoms with Crippen LogP contribution in [0.5, 0.6) is 0 Å². The molecule has 1 aromatic heterocycles. The lowest BCUT2D eigenvalue weighted by Gasteiger charge is -2.29. The molecule has 106 valence electrons. The topological polar surface area (TPSA) is 49.0 Å². The fourth-order valence-electron chi connectivity index (χ4n) is 2.23. The number of nitrogens with zero attached hydrogens (tertiary/aromatic N) is 2. The molecule has 0 saturated carbocycles. The fraction of sp³-hybridized carbons (Fsp3) is 0.333. The van der Waals surface area contributed by atoms with Crippen molar-refractivity contribution in [3.63, 3.8) is 0 Å². The molecule has 0 aliphatic carbocycles. The SMILES string of the molecule is CCCN(C(=O)c1cn[nH]c1)C(C)c1ccccc1Br. The van der Waals surface area contributed by atoms with Crippen molar-refractivity contribution in [2.45, 2.75) is 26.3 Å². The molecule has 1 amide bonds. The number of rotatable bonds is 5. The summed E-state index contributed by atoms with van der Waals surface area (Å²) in [6.45, 7) is 4.84. The Labute approximate surface area is 127 Å². The molecule has 1 unspecified atom stereocenters. The van der Waals surface area contributed by atoms with Gasteiger partial charge in [0.25, 0.3) is 5.91 Å². The third kappa shape index (κ3) is 3.10. The van der Waals surface area contributed by atoms with E-state index in [9.17, 15) is 4.79 Å². The zero-order valence-corrected chi connectivity index (χ0v) is 13.2. The Bertz CT molecular complexity index is 568. The van der Waals surface area contributed by atoms with Crippen molar-refractivity contribution in [2.75, 3.05) is 6.54 Å². The number of hydrogen-bond acceptors (Lipinski definition) is 2. The highest BCUT2D eigenvalue weighted by atomic mass is 79.9. The molecule has 0 aliphatic rings. The van der Waals surface area contributed by atoms with Crippen molar-refractivity contribution in [3.8, 4) is 0 Å². The lowest BCUT2D eigenvalue weighted by molar-refractivity contribution is 0.0690. The van der Waals surface area contributed by atoms with Gasteiger partial charge < -0.3 is 4.90 Å². The lowest BCUT2D eigenvalue weighted by Crippen LogP contribution is -2.34. The summed E-state index contributed by atoms with van der Waals surface area (Å²) in [7, 11) is 0. The Morgan fingerprint density at radius 1 is 1.45 bits per heavy atom. The molecular weight excluding hydrogens is 318 g/mol. The van der Waals surface area contributed by atoms with E-state index in [0.29, 0.717) is 12.1 Å². The van der Waals surface area contributed by atoms with Crippen LogP contribution in [0.15, 0.2) is 41.1 Å². The minimum atomic E-state index is 0.00357. The van der Waals surface area contributed by atoms with Crippen LogP contribution in [-0.4, -0.2) is 27.5 Å². The standard InChI is InChI=1S/C15H18BrN3O/c1-3-8-19(15(20)12-9-17-18-10-12)11(2)13-6-4-5-7-14(13)16/h4-7,9-11H,3,8H2,1-2H3,(H,17,18). The summed E-state index contributed by atoms with van der Waals surface area (Å²) in [6, 6.07) is 8.01. The zero-order chi connectivity index (χ0) is 14.5. The summed E-state index contributed by atoms with van der Waals surface area (Å²) >= 11 is 3.56. The first-order valence-electron chi connectivity index (χ1n) is 6.69. The highest BCUT2D eigenvalue weighted by Gasteiger charge is 2.23. The number of nitrogens with one attached hydrogen (secondary N) is 1. The van der Waals surface area contributed by atoms with Crippen LogP contribution >= 0.6 is 15.9 Å². The van der Waals surface area contributed by atoms with Gasteiger partial charge in [0.1, 0.15) is 0 Å². The van der Waals surface area contributed by atoms with Crippen LogP contribution in [0.3, 0.4) is 0 Å². The predicted octanol–water partition coefficient (Wildman–Crippen LogP) is 3.79. The van der Waals surface area contributed by atoms with Gasteiger partial charge in [0.15, 0.2) is 0 Å². The van der Waals surface area contributed by atoms with Gasteiger partial charge in [-0.1, -0.05) is 41.1 Å². The Morgan fingerprint density at radius 3 is 2.80 bits per heavy atom. The number of H-pyrrole nitrogens is 1. The average Bonchev–Trinajstić information content (AvgIpc) is 2.98. The van der Waals surface area contributed by atoms with Gasteiger partial charge in [0, 0.05) is 17.2 Å². The van der Waals surface area contributed by atoms with E-state index in [0.717, 1.165) is 16.5 Å². The van der Waals surface area contributed by atoms with Crippen molar-refractivity contribution in [1.29, 1.82) is 0 Å². The molecule has 5 heteroatoms. The molecule has 0 saturated heterocycles. The van der Waals surface area contributed by atoms with Crippen LogP contribution in [0.4, 0.5) is 0 Å². The van der Waals surface area contributed by atoms with E-state index in [1.807, 2.05) is 36.1 Å².